The third-order valence-electron chi connectivity index (χ3n) is 7.29. The Morgan fingerprint density at radius 2 is 1.78 bits per heavy atom. The first kappa shape index (κ1) is 33.4. The predicted molar refractivity (Wildman–Crippen MR) is 168 cm³/mol. The lowest BCUT2D eigenvalue weighted by molar-refractivity contribution is -0.131. The van der Waals surface area contributed by atoms with Gasteiger partial charge in [-0.3, -0.25) is 14.5 Å². The molecule has 8 nitrogen and oxygen atoms in total. The van der Waals surface area contributed by atoms with Crippen molar-refractivity contribution in [2.75, 3.05) is 24.4 Å². The van der Waals surface area contributed by atoms with Crippen LogP contribution in [0.25, 0.3) is 0 Å². The van der Waals surface area contributed by atoms with Crippen molar-refractivity contribution >= 4 is 41.4 Å². The summed E-state index contributed by atoms with van der Waals surface area (Å²) in [7, 11) is 1.62. The van der Waals surface area contributed by atoms with Gasteiger partial charge in [-0.15, -0.1) is 11.8 Å². The Labute approximate surface area is 254 Å². The Bertz CT molecular complexity index is 992. The van der Waals surface area contributed by atoms with E-state index in [0.29, 0.717) is 29.9 Å². The smallest absolute Gasteiger partial charge is 0.411 e. The van der Waals surface area contributed by atoms with E-state index in [1.54, 1.807) is 35.5 Å². The Hall–Kier alpha value is -2.07. The lowest BCUT2D eigenvalue weighted by Crippen LogP contribution is -2.56. The molecule has 1 unspecified atom stereocenters. The third kappa shape index (κ3) is 10.9. The molecule has 10 heteroatoms. The van der Waals surface area contributed by atoms with Crippen LogP contribution in [-0.2, 0) is 20.9 Å². The number of carbonyl (C=O) groups excluding carboxylic acids is 3. The number of nitrogens with one attached hydrogen (secondary N) is 2. The molecule has 41 heavy (non-hydrogen) atoms. The normalized spacial score (nSPS) is 20.5. The molecule has 1 saturated carbocycles. The maximum Gasteiger partial charge on any atom is 0.411 e. The van der Waals surface area contributed by atoms with E-state index in [0.717, 1.165) is 23.5 Å². The summed E-state index contributed by atoms with van der Waals surface area (Å²) in [6.45, 7) is 10.0. The van der Waals surface area contributed by atoms with Crippen LogP contribution < -0.4 is 15.4 Å². The van der Waals surface area contributed by atoms with Crippen LogP contribution in [-0.4, -0.2) is 70.2 Å². The van der Waals surface area contributed by atoms with Crippen LogP contribution in [0.3, 0.4) is 0 Å². The van der Waals surface area contributed by atoms with E-state index in [-0.39, 0.29) is 17.2 Å². The Morgan fingerprint density at radius 1 is 1.10 bits per heavy atom. The molecule has 2 fully saturated rings. The van der Waals surface area contributed by atoms with E-state index in [4.69, 9.17) is 9.47 Å². The van der Waals surface area contributed by atoms with Crippen LogP contribution in [0, 0.1) is 11.8 Å². The van der Waals surface area contributed by atoms with Crippen molar-refractivity contribution in [3.8, 4) is 5.75 Å². The minimum atomic E-state index is -0.705. The minimum Gasteiger partial charge on any atom is -0.497 e. The number of ether oxygens (including phenoxy) is 2. The molecular weight excluding hydrogens is 558 g/mol. The average Bonchev–Trinajstić information content (AvgIpc) is 3.34. The fourth-order valence-corrected chi connectivity index (χ4v) is 8.03. The van der Waals surface area contributed by atoms with Crippen LogP contribution in [0.4, 0.5) is 4.79 Å². The number of methoxy groups -OCH3 is 1. The summed E-state index contributed by atoms with van der Waals surface area (Å²) in [6.07, 6.45) is 6.58. The van der Waals surface area contributed by atoms with Crippen LogP contribution >= 0.6 is 23.5 Å². The zero-order chi connectivity index (χ0) is 30.0. The largest absolute Gasteiger partial charge is 0.497 e. The second kappa shape index (κ2) is 16.0. The molecule has 1 heterocycles. The molecule has 2 aliphatic rings. The molecule has 1 aromatic carbocycles. The van der Waals surface area contributed by atoms with Gasteiger partial charge in [-0.05, 0) is 75.3 Å². The molecule has 1 aliphatic heterocycles. The van der Waals surface area contributed by atoms with Gasteiger partial charge < -0.3 is 20.1 Å². The van der Waals surface area contributed by atoms with Crippen molar-refractivity contribution in [2.24, 2.45) is 11.8 Å². The van der Waals surface area contributed by atoms with Gasteiger partial charge in [0.2, 0.25) is 11.8 Å². The Morgan fingerprint density at radius 3 is 2.39 bits per heavy atom. The van der Waals surface area contributed by atoms with Crippen molar-refractivity contribution in [1.82, 2.24) is 15.5 Å². The van der Waals surface area contributed by atoms with E-state index in [2.05, 4.69) is 24.5 Å². The zero-order valence-electron chi connectivity index (χ0n) is 25.6. The molecule has 3 amide bonds. The number of nitrogens with zero attached hydrogens (tertiary/aromatic N) is 1. The topological polar surface area (TPSA) is 97.0 Å². The van der Waals surface area contributed by atoms with Gasteiger partial charge in [0.05, 0.1) is 12.5 Å². The summed E-state index contributed by atoms with van der Waals surface area (Å²) < 4.78 is 10.9. The van der Waals surface area contributed by atoms with E-state index in [1.165, 1.54) is 32.1 Å². The molecular formula is C31H49N3O5S2. The molecule has 3 rings (SSSR count). The van der Waals surface area contributed by atoms with Crippen LogP contribution in [0.5, 0.6) is 5.75 Å². The maximum atomic E-state index is 13.7. The molecule has 0 radical (unpaired) electrons. The van der Waals surface area contributed by atoms with Crippen molar-refractivity contribution in [2.45, 2.75) is 103 Å². The van der Waals surface area contributed by atoms with Gasteiger partial charge in [-0.2, -0.15) is 11.8 Å². The molecule has 2 N–H and O–H groups in total. The Balaban J connectivity index is 1.70. The van der Waals surface area contributed by atoms with Gasteiger partial charge in [-0.25, -0.2) is 4.79 Å². The SMILES string of the molecule is COc1ccc(CNC(=O)[C@H](CSCC2CCCCC2)NC(=O)[C@@H]2CSC(CC(C)C)N2C(=O)OC(C)(C)C)cc1. The highest BCUT2D eigenvalue weighted by atomic mass is 32.2. The van der Waals surface area contributed by atoms with Gasteiger partial charge >= 0.3 is 6.09 Å². The first-order valence-corrected chi connectivity index (χ1v) is 17.1. The predicted octanol–water partition coefficient (Wildman–Crippen LogP) is 5.83. The van der Waals surface area contributed by atoms with Gasteiger partial charge in [0, 0.05) is 18.1 Å². The van der Waals surface area contributed by atoms with Gasteiger partial charge in [0.25, 0.3) is 0 Å². The van der Waals surface area contributed by atoms with E-state index in [9.17, 15) is 14.4 Å². The number of amides is 3. The van der Waals surface area contributed by atoms with Crippen molar-refractivity contribution in [3.63, 3.8) is 0 Å². The number of hydrogen-bond donors (Lipinski definition) is 2. The van der Waals surface area contributed by atoms with E-state index >= 15 is 0 Å². The van der Waals surface area contributed by atoms with Crippen LogP contribution in [0.1, 0.15) is 78.7 Å². The summed E-state index contributed by atoms with van der Waals surface area (Å²) in [5.74, 6) is 3.18. The van der Waals surface area contributed by atoms with E-state index in [1.807, 2.05) is 45.0 Å². The number of benzene rings is 1. The standard InChI is InChI=1S/C31H49N3O5S2/c1-21(2)16-27-34(30(37)39-31(3,4)5)26(20-41-27)29(36)33-25(19-40-18-23-10-8-7-9-11-23)28(35)32-17-22-12-14-24(38-6)15-13-22/h12-15,21,23,25-27H,7-11,16-20H2,1-6H3,(H,32,35)(H,33,36)/t25-,26-,27?/m0/s1. The first-order valence-electron chi connectivity index (χ1n) is 14.9. The van der Waals surface area contributed by atoms with Crippen LogP contribution in [0.2, 0.25) is 0 Å². The summed E-state index contributed by atoms with van der Waals surface area (Å²) in [6, 6.07) is 6.14. The minimum absolute atomic E-state index is 0.149. The lowest BCUT2D eigenvalue weighted by atomic mass is 9.91. The monoisotopic (exact) mass is 607 g/mol. The number of rotatable bonds is 12. The fourth-order valence-electron chi connectivity index (χ4n) is 5.12. The highest BCUT2D eigenvalue weighted by Gasteiger charge is 2.44. The molecule has 230 valence electrons. The van der Waals surface area contributed by atoms with E-state index < -0.39 is 23.8 Å². The molecule has 0 aromatic heterocycles. The average molecular weight is 608 g/mol. The highest BCUT2D eigenvalue weighted by Crippen LogP contribution is 2.35. The maximum absolute atomic E-state index is 13.7. The number of thioether (sulfide) groups is 2. The first-order chi connectivity index (χ1) is 19.5. The van der Waals surface area contributed by atoms with Crippen molar-refractivity contribution in [3.05, 3.63) is 29.8 Å². The second-order valence-electron chi connectivity index (χ2n) is 12.5. The lowest BCUT2D eigenvalue weighted by Gasteiger charge is -2.32. The molecule has 1 aromatic rings. The molecule has 1 saturated heterocycles. The quantitative estimate of drug-likeness (QED) is 0.308. The van der Waals surface area contributed by atoms with Gasteiger partial charge in [0.15, 0.2) is 0 Å². The molecule has 0 bridgehead atoms. The Kier molecular flexibility index (Phi) is 13.0. The molecule has 1 aliphatic carbocycles. The summed E-state index contributed by atoms with van der Waals surface area (Å²) in [4.78, 5) is 42.0. The highest BCUT2D eigenvalue weighted by molar-refractivity contribution is 8.00. The van der Waals surface area contributed by atoms with Crippen molar-refractivity contribution < 1.29 is 23.9 Å². The molecule has 0 spiro atoms. The molecule has 3 atom stereocenters. The number of carbonyl (C=O) groups is 3. The zero-order valence-corrected chi connectivity index (χ0v) is 27.2. The van der Waals surface area contributed by atoms with Crippen molar-refractivity contribution in [1.29, 1.82) is 0 Å². The fraction of sp³-hybridized carbons (Fsp3) is 0.710. The summed E-state index contributed by atoms with van der Waals surface area (Å²) in [5.41, 5.74) is 0.270. The third-order valence-corrected chi connectivity index (χ3v) is 9.88. The van der Waals surface area contributed by atoms with Gasteiger partial charge in [-0.1, -0.05) is 45.2 Å². The second-order valence-corrected chi connectivity index (χ2v) is 14.8. The summed E-state index contributed by atoms with van der Waals surface area (Å²) >= 11 is 3.33. The number of hydrogen-bond acceptors (Lipinski definition) is 7. The summed E-state index contributed by atoms with van der Waals surface area (Å²) in [5, 5.41) is 5.87. The van der Waals surface area contributed by atoms with Gasteiger partial charge in [0.1, 0.15) is 23.4 Å². The van der Waals surface area contributed by atoms with Crippen LogP contribution in [0.15, 0.2) is 24.3 Å².